The fraction of sp³-hybridized carbons (Fsp3) is 0.500. The third-order valence-electron chi connectivity index (χ3n) is 3.97. The number of carboxylic acid groups (broad SMARTS) is 1. The van der Waals surface area contributed by atoms with Crippen LogP contribution in [0.5, 0.6) is 0 Å². The fourth-order valence-corrected chi connectivity index (χ4v) is 2.61. The lowest BCUT2D eigenvalue weighted by Crippen LogP contribution is -2.59. The molecule has 0 aliphatic carbocycles. The molecule has 0 unspecified atom stereocenters. The number of benzene rings is 1. The van der Waals surface area contributed by atoms with Crippen molar-refractivity contribution in [2.75, 3.05) is 26.2 Å². The molecule has 22 heavy (non-hydrogen) atoms. The maximum atomic E-state index is 11.7. The van der Waals surface area contributed by atoms with Crippen LogP contribution in [0.2, 0.25) is 0 Å². The predicted molar refractivity (Wildman–Crippen MR) is 84.5 cm³/mol. The Bertz CT molecular complexity index is 531. The van der Waals surface area contributed by atoms with Crippen LogP contribution in [0.15, 0.2) is 24.3 Å². The number of halogens is 1. The van der Waals surface area contributed by atoms with Crippen molar-refractivity contribution in [2.24, 2.45) is 0 Å². The molecular formula is C14H20ClN3O4. The molecule has 1 aromatic carbocycles. The highest BCUT2D eigenvalue weighted by Crippen LogP contribution is 2.23. The number of nitro benzene ring substituents is 1. The van der Waals surface area contributed by atoms with E-state index < -0.39 is 16.4 Å². The number of nitro groups is 1. The van der Waals surface area contributed by atoms with Crippen LogP contribution in [-0.2, 0) is 11.2 Å². The molecule has 0 radical (unpaired) electrons. The standard InChI is InChI=1S/C14H19N3O4.ClH/c1-14(13(18)19,16-8-6-15-7-9-16)10-11-2-4-12(5-3-11)17(20)21;/h2-5,15H,6-10H2,1H3,(H,18,19);1H/t14-;/m0./s1. The van der Waals surface area contributed by atoms with Gasteiger partial charge in [-0.05, 0) is 12.5 Å². The van der Waals surface area contributed by atoms with Crippen molar-refractivity contribution in [1.29, 1.82) is 0 Å². The number of nitrogens with one attached hydrogen (secondary N) is 1. The maximum Gasteiger partial charge on any atom is 0.324 e. The average Bonchev–Trinajstić information content (AvgIpc) is 2.48. The highest BCUT2D eigenvalue weighted by molar-refractivity contribution is 5.85. The van der Waals surface area contributed by atoms with Gasteiger partial charge in [0.1, 0.15) is 5.54 Å². The molecule has 1 saturated heterocycles. The van der Waals surface area contributed by atoms with Crippen LogP contribution in [0.1, 0.15) is 12.5 Å². The number of non-ortho nitro benzene ring substituents is 1. The van der Waals surface area contributed by atoms with Gasteiger partial charge in [-0.25, -0.2) is 0 Å². The molecule has 1 atom stereocenters. The topological polar surface area (TPSA) is 95.7 Å². The molecule has 0 saturated carbocycles. The Kier molecular flexibility index (Phi) is 6.28. The minimum atomic E-state index is -1.00. The van der Waals surface area contributed by atoms with Gasteiger partial charge in [0.25, 0.3) is 5.69 Å². The van der Waals surface area contributed by atoms with Gasteiger partial charge in [0.2, 0.25) is 0 Å². The van der Waals surface area contributed by atoms with Crippen LogP contribution >= 0.6 is 12.4 Å². The van der Waals surface area contributed by atoms with E-state index in [0.717, 1.165) is 18.7 Å². The summed E-state index contributed by atoms with van der Waals surface area (Å²) in [6.07, 6.45) is 0.320. The number of aliphatic carboxylic acids is 1. The van der Waals surface area contributed by atoms with Gasteiger partial charge in [0.05, 0.1) is 4.92 Å². The molecule has 1 fully saturated rings. The lowest BCUT2D eigenvalue weighted by Gasteiger charge is -2.40. The van der Waals surface area contributed by atoms with Crippen LogP contribution in [0.3, 0.4) is 0 Å². The van der Waals surface area contributed by atoms with Crippen molar-refractivity contribution < 1.29 is 14.8 Å². The fourth-order valence-electron chi connectivity index (χ4n) is 2.61. The highest BCUT2D eigenvalue weighted by Gasteiger charge is 2.40. The van der Waals surface area contributed by atoms with E-state index in [1.807, 2.05) is 4.90 Å². The summed E-state index contributed by atoms with van der Waals surface area (Å²) < 4.78 is 0. The summed E-state index contributed by atoms with van der Waals surface area (Å²) in [7, 11) is 0. The zero-order valence-electron chi connectivity index (χ0n) is 12.3. The second-order valence-corrected chi connectivity index (χ2v) is 5.42. The van der Waals surface area contributed by atoms with Crippen LogP contribution in [0, 0.1) is 10.1 Å². The zero-order valence-corrected chi connectivity index (χ0v) is 13.1. The zero-order chi connectivity index (χ0) is 15.5. The molecule has 122 valence electrons. The van der Waals surface area contributed by atoms with Crippen LogP contribution in [0.25, 0.3) is 0 Å². The van der Waals surface area contributed by atoms with Gasteiger partial charge in [-0.3, -0.25) is 19.8 Å². The second-order valence-electron chi connectivity index (χ2n) is 5.42. The van der Waals surface area contributed by atoms with Gasteiger partial charge in [0, 0.05) is 44.7 Å². The first kappa shape index (κ1) is 18.3. The van der Waals surface area contributed by atoms with E-state index in [-0.39, 0.29) is 18.1 Å². The molecule has 2 rings (SSSR count). The lowest BCUT2D eigenvalue weighted by atomic mass is 9.90. The predicted octanol–water partition coefficient (Wildman–Crippen LogP) is 1.31. The molecule has 2 N–H and O–H groups in total. The van der Waals surface area contributed by atoms with E-state index in [0.29, 0.717) is 19.5 Å². The van der Waals surface area contributed by atoms with Crippen molar-refractivity contribution in [3.63, 3.8) is 0 Å². The van der Waals surface area contributed by atoms with Crippen molar-refractivity contribution in [2.45, 2.75) is 18.9 Å². The van der Waals surface area contributed by atoms with E-state index >= 15 is 0 Å². The van der Waals surface area contributed by atoms with E-state index in [4.69, 9.17) is 0 Å². The summed E-state index contributed by atoms with van der Waals surface area (Å²) in [4.78, 5) is 23.9. The normalized spacial score (nSPS) is 18.0. The van der Waals surface area contributed by atoms with Crippen molar-refractivity contribution in [3.05, 3.63) is 39.9 Å². The number of piperazine rings is 1. The van der Waals surface area contributed by atoms with E-state index in [9.17, 15) is 20.0 Å². The molecule has 0 spiro atoms. The number of rotatable bonds is 5. The Hall–Kier alpha value is -1.70. The molecule has 0 amide bonds. The lowest BCUT2D eigenvalue weighted by molar-refractivity contribution is -0.384. The quantitative estimate of drug-likeness (QED) is 0.624. The maximum absolute atomic E-state index is 11.7. The van der Waals surface area contributed by atoms with E-state index in [1.165, 1.54) is 12.1 Å². The van der Waals surface area contributed by atoms with Gasteiger partial charge in [-0.15, -0.1) is 12.4 Å². The van der Waals surface area contributed by atoms with Crippen molar-refractivity contribution in [3.8, 4) is 0 Å². The molecular weight excluding hydrogens is 310 g/mol. The van der Waals surface area contributed by atoms with Gasteiger partial charge in [-0.1, -0.05) is 12.1 Å². The van der Waals surface area contributed by atoms with Gasteiger partial charge >= 0.3 is 5.97 Å². The van der Waals surface area contributed by atoms with Gasteiger partial charge in [0.15, 0.2) is 0 Å². The SMILES string of the molecule is C[C@](Cc1ccc([N+](=O)[O-])cc1)(C(=O)O)N1CCNCC1.Cl. The summed E-state index contributed by atoms with van der Waals surface area (Å²) in [5, 5.41) is 23.5. The minimum Gasteiger partial charge on any atom is -0.480 e. The molecule has 1 aliphatic heterocycles. The number of carbonyl (C=O) groups is 1. The van der Waals surface area contributed by atoms with Gasteiger partial charge in [-0.2, -0.15) is 0 Å². The Morgan fingerprint density at radius 2 is 1.91 bits per heavy atom. The first-order valence-electron chi connectivity index (χ1n) is 6.86. The van der Waals surface area contributed by atoms with Crippen LogP contribution in [-0.4, -0.2) is 52.6 Å². The van der Waals surface area contributed by atoms with Gasteiger partial charge < -0.3 is 10.4 Å². The summed E-state index contributed by atoms with van der Waals surface area (Å²) in [5.74, 6) is -0.872. The monoisotopic (exact) mass is 329 g/mol. The van der Waals surface area contributed by atoms with Crippen molar-refractivity contribution in [1.82, 2.24) is 10.2 Å². The molecule has 0 bridgehead atoms. The van der Waals surface area contributed by atoms with Crippen molar-refractivity contribution >= 4 is 24.1 Å². The Morgan fingerprint density at radius 1 is 1.36 bits per heavy atom. The summed E-state index contributed by atoms with van der Waals surface area (Å²) in [5.41, 5.74) is -0.208. The Balaban J connectivity index is 0.00000242. The first-order chi connectivity index (χ1) is 9.93. The molecule has 7 nitrogen and oxygen atoms in total. The smallest absolute Gasteiger partial charge is 0.324 e. The molecule has 8 heteroatoms. The molecule has 0 aromatic heterocycles. The summed E-state index contributed by atoms with van der Waals surface area (Å²) >= 11 is 0. The summed E-state index contributed by atoms with van der Waals surface area (Å²) in [6.45, 7) is 4.60. The van der Waals surface area contributed by atoms with Crippen LogP contribution < -0.4 is 5.32 Å². The molecule has 1 aromatic rings. The summed E-state index contributed by atoms with van der Waals surface area (Å²) in [6, 6.07) is 6.08. The third-order valence-corrected chi connectivity index (χ3v) is 3.97. The van der Waals surface area contributed by atoms with E-state index in [2.05, 4.69) is 5.32 Å². The van der Waals surface area contributed by atoms with Crippen LogP contribution in [0.4, 0.5) is 5.69 Å². The number of hydrogen-bond donors (Lipinski definition) is 2. The third kappa shape index (κ3) is 3.94. The molecule has 1 heterocycles. The average molecular weight is 330 g/mol. The number of carboxylic acids is 1. The van der Waals surface area contributed by atoms with E-state index in [1.54, 1.807) is 19.1 Å². The number of hydrogen-bond acceptors (Lipinski definition) is 5. The largest absolute Gasteiger partial charge is 0.480 e. The minimum absolute atomic E-state index is 0. The number of nitrogens with zero attached hydrogens (tertiary/aromatic N) is 2. The Labute approximate surface area is 134 Å². The Morgan fingerprint density at radius 3 is 2.36 bits per heavy atom. The highest BCUT2D eigenvalue weighted by atomic mass is 35.5. The first-order valence-corrected chi connectivity index (χ1v) is 6.86. The second kappa shape index (κ2) is 7.53. The molecule has 1 aliphatic rings.